The van der Waals surface area contributed by atoms with Crippen molar-refractivity contribution in [1.82, 2.24) is 29.5 Å². The summed E-state index contributed by atoms with van der Waals surface area (Å²) < 4.78 is 7.86. The molecule has 2 aromatic heterocycles. The quantitative estimate of drug-likeness (QED) is 0.347. The second-order valence-electron chi connectivity index (χ2n) is 9.53. The maximum Gasteiger partial charge on any atom is 0.246 e. The van der Waals surface area contributed by atoms with E-state index < -0.39 is 0 Å². The van der Waals surface area contributed by atoms with Crippen LogP contribution in [0.1, 0.15) is 25.8 Å². The van der Waals surface area contributed by atoms with Gasteiger partial charge in [0, 0.05) is 31.3 Å². The molecule has 1 fully saturated rings. The minimum atomic E-state index is -0.00866. The van der Waals surface area contributed by atoms with E-state index >= 15 is 0 Å². The van der Waals surface area contributed by atoms with Crippen LogP contribution in [-0.4, -0.2) is 68.7 Å². The first-order valence-corrected chi connectivity index (χ1v) is 13.0. The first-order chi connectivity index (χ1) is 18.5. The van der Waals surface area contributed by atoms with Gasteiger partial charge < -0.3 is 20.3 Å². The highest BCUT2D eigenvalue weighted by molar-refractivity contribution is 5.98. The zero-order valence-corrected chi connectivity index (χ0v) is 21.8. The molecule has 2 aromatic carbocycles. The van der Waals surface area contributed by atoms with Crippen molar-refractivity contribution in [1.29, 1.82) is 0 Å². The van der Waals surface area contributed by atoms with E-state index in [1.54, 1.807) is 6.08 Å². The van der Waals surface area contributed by atoms with Gasteiger partial charge in [0.05, 0.1) is 11.4 Å². The van der Waals surface area contributed by atoms with Gasteiger partial charge >= 0.3 is 0 Å². The number of nitrogens with zero attached hydrogens (tertiary/aromatic N) is 6. The molecule has 1 aliphatic rings. The van der Waals surface area contributed by atoms with Crippen LogP contribution < -0.4 is 10.5 Å². The molecule has 0 bridgehead atoms. The fourth-order valence-electron chi connectivity index (χ4n) is 4.68. The van der Waals surface area contributed by atoms with Gasteiger partial charge in [0.25, 0.3) is 0 Å². The van der Waals surface area contributed by atoms with Crippen LogP contribution in [0.4, 0.5) is 5.82 Å². The number of nitrogen functional groups attached to an aromatic ring is 1. The van der Waals surface area contributed by atoms with Crippen molar-refractivity contribution >= 4 is 22.8 Å². The second kappa shape index (κ2) is 11.4. The molecule has 1 saturated heterocycles. The number of anilines is 1. The Morgan fingerprint density at radius 2 is 1.89 bits per heavy atom. The van der Waals surface area contributed by atoms with Crippen LogP contribution in [-0.2, 0) is 4.79 Å². The fourth-order valence-corrected chi connectivity index (χ4v) is 4.68. The van der Waals surface area contributed by atoms with Crippen molar-refractivity contribution in [2.45, 2.75) is 25.8 Å². The summed E-state index contributed by atoms with van der Waals surface area (Å²) in [6, 6.07) is 17.4. The molecule has 1 atom stereocenters. The molecule has 196 valence electrons. The van der Waals surface area contributed by atoms with Crippen molar-refractivity contribution in [2.75, 3.05) is 39.0 Å². The molecule has 0 aliphatic carbocycles. The van der Waals surface area contributed by atoms with Crippen molar-refractivity contribution in [3.8, 4) is 22.8 Å². The third kappa shape index (κ3) is 5.52. The number of hydrogen-bond acceptors (Lipinski definition) is 7. The third-order valence-corrected chi connectivity index (χ3v) is 6.90. The predicted molar refractivity (Wildman–Crippen MR) is 149 cm³/mol. The molecule has 0 spiro atoms. The molecule has 1 amide bonds. The first kappa shape index (κ1) is 25.4. The molecular weight excluding hydrogens is 478 g/mol. The number of aromatic nitrogens is 4. The normalized spacial score (nSPS) is 16.0. The number of rotatable bonds is 8. The maximum atomic E-state index is 12.9. The second-order valence-corrected chi connectivity index (χ2v) is 9.53. The molecule has 38 heavy (non-hydrogen) atoms. The molecule has 1 aliphatic heterocycles. The van der Waals surface area contributed by atoms with Crippen molar-refractivity contribution in [3.05, 3.63) is 73.1 Å². The van der Waals surface area contributed by atoms with Gasteiger partial charge in [0.1, 0.15) is 29.3 Å². The van der Waals surface area contributed by atoms with Gasteiger partial charge in [0.15, 0.2) is 5.65 Å². The Labute approximate surface area is 222 Å². The maximum absolute atomic E-state index is 12.9. The lowest BCUT2D eigenvalue weighted by Gasteiger charge is -2.32. The molecule has 2 N–H and O–H groups in total. The average molecular weight is 512 g/mol. The van der Waals surface area contributed by atoms with Crippen LogP contribution in [0.2, 0.25) is 0 Å². The smallest absolute Gasteiger partial charge is 0.246 e. The number of benzene rings is 2. The number of nitrogens with two attached hydrogens (primary N) is 1. The van der Waals surface area contributed by atoms with Gasteiger partial charge in [-0.1, -0.05) is 31.2 Å². The fraction of sp³-hybridized carbons (Fsp3) is 0.310. The number of carbonyl (C=O) groups is 1. The monoisotopic (exact) mass is 511 g/mol. The minimum Gasteiger partial charge on any atom is -0.457 e. The molecular formula is C29H33N7O2. The molecule has 9 heteroatoms. The highest BCUT2D eigenvalue weighted by Gasteiger charge is 2.28. The summed E-state index contributed by atoms with van der Waals surface area (Å²) >= 11 is 0. The predicted octanol–water partition coefficient (Wildman–Crippen LogP) is 4.54. The number of hydrogen-bond donors (Lipinski definition) is 1. The lowest BCUT2D eigenvalue weighted by molar-refractivity contribution is -0.127. The number of amides is 1. The van der Waals surface area contributed by atoms with E-state index in [1.807, 2.05) is 77.3 Å². The van der Waals surface area contributed by atoms with Crippen LogP contribution >= 0.6 is 0 Å². The summed E-state index contributed by atoms with van der Waals surface area (Å²) in [6.07, 6.45) is 6.86. The zero-order valence-electron chi connectivity index (χ0n) is 21.8. The lowest BCUT2D eigenvalue weighted by Crippen LogP contribution is -2.40. The number of likely N-dealkylation sites (N-methyl/N-ethyl adjacent to an activating group) is 1. The van der Waals surface area contributed by atoms with E-state index in [9.17, 15) is 4.79 Å². The molecule has 9 nitrogen and oxygen atoms in total. The van der Waals surface area contributed by atoms with E-state index in [0.29, 0.717) is 18.0 Å². The Bertz CT molecular complexity index is 1420. The summed E-state index contributed by atoms with van der Waals surface area (Å²) in [4.78, 5) is 25.7. The summed E-state index contributed by atoms with van der Waals surface area (Å²) in [5.74, 6) is 1.91. The molecule has 0 radical (unpaired) electrons. The van der Waals surface area contributed by atoms with E-state index in [2.05, 4.69) is 21.8 Å². The van der Waals surface area contributed by atoms with Gasteiger partial charge in [0.2, 0.25) is 5.91 Å². The Morgan fingerprint density at radius 3 is 2.66 bits per heavy atom. The van der Waals surface area contributed by atoms with E-state index in [4.69, 9.17) is 15.6 Å². The summed E-state index contributed by atoms with van der Waals surface area (Å²) in [7, 11) is 2.03. The van der Waals surface area contributed by atoms with Crippen LogP contribution in [0.15, 0.2) is 73.1 Å². The summed E-state index contributed by atoms with van der Waals surface area (Å²) in [6.45, 7) is 5.08. The van der Waals surface area contributed by atoms with Gasteiger partial charge in [-0.3, -0.25) is 4.79 Å². The van der Waals surface area contributed by atoms with Crippen molar-refractivity contribution in [2.24, 2.45) is 0 Å². The van der Waals surface area contributed by atoms with Gasteiger partial charge in [-0.15, -0.1) is 0 Å². The minimum absolute atomic E-state index is 0.00866. The lowest BCUT2D eigenvalue weighted by atomic mass is 10.1. The average Bonchev–Trinajstić information content (AvgIpc) is 3.35. The Hall–Kier alpha value is -4.24. The highest BCUT2D eigenvalue weighted by Crippen LogP contribution is 2.34. The zero-order chi connectivity index (χ0) is 26.5. The van der Waals surface area contributed by atoms with Crippen LogP contribution in [0.3, 0.4) is 0 Å². The van der Waals surface area contributed by atoms with E-state index in [-0.39, 0.29) is 11.9 Å². The van der Waals surface area contributed by atoms with Crippen LogP contribution in [0.25, 0.3) is 22.3 Å². The van der Waals surface area contributed by atoms with E-state index in [0.717, 1.165) is 60.6 Å². The summed E-state index contributed by atoms with van der Waals surface area (Å²) in [5, 5.41) is 5.70. The third-order valence-electron chi connectivity index (χ3n) is 6.90. The van der Waals surface area contributed by atoms with Crippen LogP contribution in [0.5, 0.6) is 11.5 Å². The summed E-state index contributed by atoms with van der Waals surface area (Å²) in [5.41, 5.74) is 8.62. The van der Waals surface area contributed by atoms with Gasteiger partial charge in [-0.05, 0) is 62.8 Å². The van der Waals surface area contributed by atoms with Crippen LogP contribution in [0, 0.1) is 0 Å². The number of likely N-dealkylation sites (tertiary alicyclic amines) is 1. The Kier molecular flexibility index (Phi) is 7.65. The van der Waals surface area contributed by atoms with E-state index in [1.165, 1.54) is 6.33 Å². The molecule has 3 heterocycles. The van der Waals surface area contributed by atoms with Crippen molar-refractivity contribution < 1.29 is 9.53 Å². The topological polar surface area (TPSA) is 102 Å². The molecule has 5 rings (SSSR count). The number of carbonyl (C=O) groups excluding carboxylic acids is 1. The largest absolute Gasteiger partial charge is 0.457 e. The standard InChI is InChI=1S/C29H33N7O2/c1-3-34(2)17-8-12-25(37)35-18-7-9-22(19-35)36-29-26(28(30)31-20-32-29)27(33-36)21-13-15-24(16-14-21)38-23-10-5-4-6-11-23/h4-6,8,10-16,20,22H,3,7,9,17-19H2,1-2H3,(H2,30,31,32)/t22-/m1/s1. The number of fused-ring (bicyclic) bond motifs is 1. The number of piperidine rings is 1. The number of ether oxygens (including phenoxy) is 1. The molecule has 4 aromatic rings. The molecule has 0 saturated carbocycles. The Balaban J connectivity index is 1.40. The van der Waals surface area contributed by atoms with Gasteiger partial charge in [-0.25, -0.2) is 14.6 Å². The van der Waals surface area contributed by atoms with Crippen molar-refractivity contribution in [3.63, 3.8) is 0 Å². The SMILES string of the molecule is CCN(C)CC=CC(=O)N1CCC[C@@H](n2nc(-c3ccc(Oc4ccccc4)cc3)c3c(N)ncnc32)C1. The molecule has 0 unspecified atom stereocenters. The first-order valence-electron chi connectivity index (χ1n) is 13.0. The number of para-hydroxylation sites is 1. The Morgan fingerprint density at radius 1 is 1.13 bits per heavy atom. The van der Waals surface area contributed by atoms with Gasteiger partial charge in [-0.2, -0.15) is 5.10 Å². The highest BCUT2D eigenvalue weighted by atomic mass is 16.5.